The van der Waals surface area contributed by atoms with Crippen LogP contribution >= 0.6 is 0 Å². The maximum Gasteiger partial charge on any atom is 0.315 e. The van der Waals surface area contributed by atoms with Gasteiger partial charge in [0, 0.05) is 12.6 Å². The maximum absolute atomic E-state index is 12.0. The summed E-state index contributed by atoms with van der Waals surface area (Å²) < 4.78 is 0. The van der Waals surface area contributed by atoms with E-state index in [-0.39, 0.29) is 6.03 Å². The monoisotopic (exact) mass is 286 g/mol. The van der Waals surface area contributed by atoms with Crippen LogP contribution < -0.4 is 10.6 Å². The van der Waals surface area contributed by atoms with Gasteiger partial charge in [-0.15, -0.1) is 0 Å². The number of amides is 2. The predicted molar refractivity (Wildman–Crippen MR) is 85.1 cm³/mol. The zero-order valence-corrected chi connectivity index (χ0v) is 12.8. The largest absolute Gasteiger partial charge is 0.338 e. The van der Waals surface area contributed by atoms with Crippen molar-refractivity contribution in [1.82, 2.24) is 10.6 Å². The van der Waals surface area contributed by atoms with Crippen LogP contribution in [-0.2, 0) is 6.42 Å². The van der Waals surface area contributed by atoms with Crippen molar-refractivity contribution in [3.05, 3.63) is 35.9 Å². The van der Waals surface area contributed by atoms with Gasteiger partial charge in [-0.25, -0.2) is 4.79 Å². The Morgan fingerprint density at radius 3 is 2.71 bits per heavy atom. The van der Waals surface area contributed by atoms with Crippen molar-refractivity contribution in [1.29, 1.82) is 0 Å². The fourth-order valence-corrected chi connectivity index (χ4v) is 4.24. The average Bonchev–Trinajstić information content (AvgIpc) is 3.11. The highest BCUT2D eigenvalue weighted by Gasteiger charge is 2.42. The Labute approximate surface area is 127 Å². The van der Waals surface area contributed by atoms with E-state index in [9.17, 15) is 4.79 Å². The molecule has 0 heterocycles. The van der Waals surface area contributed by atoms with Crippen LogP contribution in [0.5, 0.6) is 0 Å². The third kappa shape index (κ3) is 3.58. The van der Waals surface area contributed by atoms with Crippen LogP contribution in [0.15, 0.2) is 30.3 Å². The molecule has 0 aliphatic heterocycles. The van der Waals surface area contributed by atoms with E-state index >= 15 is 0 Å². The van der Waals surface area contributed by atoms with Crippen molar-refractivity contribution < 1.29 is 4.79 Å². The molecule has 21 heavy (non-hydrogen) atoms. The van der Waals surface area contributed by atoms with Crippen LogP contribution in [0, 0.1) is 17.8 Å². The van der Waals surface area contributed by atoms with Crippen LogP contribution in [0.1, 0.15) is 38.2 Å². The normalized spacial score (nSPS) is 28.3. The first-order valence-corrected chi connectivity index (χ1v) is 8.30. The Bertz CT molecular complexity index is 473. The first-order valence-electron chi connectivity index (χ1n) is 8.30. The lowest BCUT2D eigenvalue weighted by Crippen LogP contribution is -2.45. The summed E-state index contributed by atoms with van der Waals surface area (Å²) in [5.74, 6) is 2.49. The molecule has 4 unspecified atom stereocenters. The highest BCUT2D eigenvalue weighted by atomic mass is 16.2. The Morgan fingerprint density at radius 2 is 2.05 bits per heavy atom. The Hall–Kier alpha value is -1.51. The lowest BCUT2D eigenvalue weighted by atomic mass is 9.84. The van der Waals surface area contributed by atoms with Gasteiger partial charge in [-0.1, -0.05) is 36.8 Å². The van der Waals surface area contributed by atoms with Crippen molar-refractivity contribution in [2.45, 2.75) is 45.1 Å². The molecule has 3 rings (SSSR count). The quantitative estimate of drug-likeness (QED) is 0.856. The van der Waals surface area contributed by atoms with Gasteiger partial charge in [0.25, 0.3) is 0 Å². The summed E-state index contributed by atoms with van der Waals surface area (Å²) >= 11 is 0. The van der Waals surface area contributed by atoms with E-state index in [0.717, 1.165) is 18.3 Å². The van der Waals surface area contributed by atoms with Gasteiger partial charge in [0.2, 0.25) is 0 Å². The van der Waals surface area contributed by atoms with E-state index in [0.29, 0.717) is 18.5 Å². The van der Waals surface area contributed by atoms with E-state index in [1.807, 2.05) is 18.2 Å². The number of nitrogens with one attached hydrogen (secondary N) is 2. The zero-order valence-electron chi connectivity index (χ0n) is 12.8. The van der Waals surface area contributed by atoms with Crippen molar-refractivity contribution in [3.8, 4) is 0 Å². The van der Waals surface area contributed by atoms with Crippen LogP contribution in [0.3, 0.4) is 0 Å². The fourth-order valence-electron chi connectivity index (χ4n) is 4.24. The predicted octanol–water partition coefficient (Wildman–Crippen LogP) is 3.35. The number of rotatable bonds is 5. The number of hydrogen-bond acceptors (Lipinski definition) is 1. The smallest absolute Gasteiger partial charge is 0.315 e. The lowest BCUT2D eigenvalue weighted by molar-refractivity contribution is 0.220. The first kappa shape index (κ1) is 14.4. The molecule has 2 aliphatic carbocycles. The molecule has 0 spiro atoms. The molecule has 0 saturated heterocycles. The Morgan fingerprint density at radius 1 is 1.24 bits per heavy atom. The van der Waals surface area contributed by atoms with E-state index in [4.69, 9.17) is 0 Å². The van der Waals surface area contributed by atoms with Gasteiger partial charge in [0.15, 0.2) is 0 Å². The van der Waals surface area contributed by atoms with Gasteiger partial charge in [-0.2, -0.15) is 0 Å². The molecule has 114 valence electrons. The molecule has 2 bridgehead atoms. The average molecular weight is 286 g/mol. The first-order chi connectivity index (χ1) is 10.2. The second-order valence-corrected chi connectivity index (χ2v) is 6.76. The summed E-state index contributed by atoms with van der Waals surface area (Å²) in [5.41, 5.74) is 1.26. The summed E-state index contributed by atoms with van der Waals surface area (Å²) in [7, 11) is 0. The van der Waals surface area contributed by atoms with Crippen LogP contribution in [0.2, 0.25) is 0 Å². The van der Waals surface area contributed by atoms with Crippen molar-refractivity contribution in [3.63, 3.8) is 0 Å². The third-order valence-corrected chi connectivity index (χ3v) is 5.34. The molecule has 2 amide bonds. The molecule has 2 saturated carbocycles. The van der Waals surface area contributed by atoms with E-state index in [1.165, 1.54) is 31.2 Å². The van der Waals surface area contributed by atoms with Gasteiger partial charge in [0.05, 0.1) is 0 Å². The molecule has 0 aromatic heterocycles. The highest BCUT2D eigenvalue weighted by Crippen LogP contribution is 2.49. The minimum absolute atomic E-state index is 0.0128. The number of benzene rings is 1. The van der Waals surface area contributed by atoms with Crippen LogP contribution in [0.25, 0.3) is 0 Å². The second kappa shape index (κ2) is 6.50. The van der Waals surface area contributed by atoms with Crippen molar-refractivity contribution in [2.75, 3.05) is 6.54 Å². The van der Waals surface area contributed by atoms with E-state index in [1.54, 1.807) is 0 Å². The number of urea groups is 1. The highest BCUT2D eigenvalue weighted by molar-refractivity contribution is 5.74. The Kier molecular flexibility index (Phi) is 4.47. The molecule has 2 aliphatic rings. The second-order valence-electron chi connectivity index (χ2n) is 6.76. The summed E-state index contributed by atoms with van der Waals surface area (Å²) in [5, 5.41) is 6.12. The van der Waals surface area contributed by atoms with Crippen LogP contribution in [-0.4, -0.2) is 18.6 Å². The number of hydrogen-bond donors (Lipinski definition) is 2. The standard InChI is InChI=1S/C18H26N2O/c1-13(17-12-15-7-8-16(17)11-15)20-18(21)19-10-9-14-5-3-2-4-6-14/h2-6,13,15-17H,7-12H2,1H3,(H2,19,20,21). The zero-order chi connectivity index (χ0) is 14.7. The molecule has 2 fully saturated rings. The van der Waals surface area contributed by atoms with Crippen molar-refractivity contribution in [2.24, 2.45) is 17.8 Å². The van der Waals surface area contributed by atoms with Gasteiger partial charge in [-0.3, -0.25) is 0 Å². The molecule has 0 radical (unpaired) electrons. The molecular formula is C18H26N2O. The van der Waals surface area contributed by atoms with Crippen LogP contribution in [0.4, 0.5) is 4.79 Å². The van der Waals surface area contributed by atoms with E-state index < -0.39 is 0 Å². The molecule has 3 heteroatoms. The maximum atomic E-state index is 12.0. The topological polar surface area (TPSA) is 41.1 Å². The number of fused-ring (bicyclic) bond motifs is 2. The molecule has 1 aromatic carbocycles. The minimum atomic E-state index is -0.0128. The summed E-state index contributed by atoms with van der Waals surface area (Å²) in [4.78, 5) is 12.0. The summed E-state index contributed by atoms with van der Waals surface area (Å²) in [6.07, 6.45) is 6.38. The lowest BCUT2D eigenvalue weighted by Gasteiger charge is -2.28. The third-order valence-electron chi connectivity index (χ3n) is 5.34. The van der Waals surface area contributed by atoms with Gasteiger partial charge in [0.1, 0.15) is 0 Å². The van der Waals surface area contributed by atoms with Gasteiger partial charge < -0.3 is 10.6 Å². The SMILES string of the molecule is CC(NC(=O)NCCc1ccccc1)C1CC2CCC1C2. The molecule has 1 aromatic rings. The van der Waals surface area contributed by atoms with Crippen molar-refractivity contribution >= 4 is 6.03 Å². The summed E-state index contributed by atoms with van der Waals surface area (Å²) in [6.45, 7) is 2.86. The molecular weight excluding hydrogens is 260 g/mol. The molecule has 2 N–H and O–H groups in total. The van der Waals surface area contributed by atoms with Gasteiger partial charge >= 0.3 is 6.03 Å². The Balaban J connectivity index is 1.38. The minimum Gasteiger partial charge on any atom is -0.338 e. The number of carbonyl (C=O) groups excluding carboxylic acids is 1. The fraction of sp³-hybridized carbons (Fsp3) is 0.611. The van der Waals surface area contributed by atoms with E-state index in [2.05, 4.69) is 29.7 Å². The molecule has 4 atom stereocenters. The molecule has 3 nitrogen and oxygen atoms in total. The number of carbonyl (C=O) groups is 1. The summed E-state index contributed by atoms with van der Waals surface area (Å²) in [6, 6.07) is 10.6. The van der Waals surface area contributed by atoms with Gasteiger partial charge in [-0.05, 0) is 55.9 Å².